The molecular formula is C15H17FN4O2. The first-order valence-corrected chi connectivity index (χ1v) is 7.20. The van der Waals surface area contributed by atoms with Gasteiger partial charge < -0.3 is 9.64 Å². The van der Waals surface area contributed by atoms with Crippen LogP contribution in [0.3, 0.4) is 0 Å². The lowest BCUT2D eigenvalue weighted by atomic mass is 10.3. The zero-order valence-electron chi connectivity index (χ0n) is 12.2. The van der Waals surface area contributed by atoms with Gasteiger partial charge in [0, 0.05) is 31.4 Å². The van der Waals surface area contributed by atoms with Gasteiger partial charge in [0.2, 0.25) is 17.7 Å². The molecule has 3 rings (SSSR count). The van der Waals surface area contributed by atoms with Gasteiger partial charge in [-0.05, 0) is 19.1 Å². The van der Waals surface area contributed by atoms with Crippen LogP contribution in [0.5, 0.6) is 5.88 Å². The van der Waals surface area contributed by atoms with E-state index in [1.807, 2.05) is 6.92 Å². The number of nitrogens with zero attached hydrogens (tertiary/aromatic N) is 4. The molecule has 0 radical (unpaired) electrons. The molecule has 2 atom stereocenters. The Bertz CT molecular complexity index is 647. The summed E-state index contributed by atoms with van der Waals surface area (Å²) in [6.45, 7) is 2.91. The van der Waals surface area contributed by atoms with Crippen LogP contribution in [-0.2, 0) is 4.79 Å². The first-order valence-electron chi connectivity index (χ1n) is 7.20. The Balaban J connectivity index is 1.59. The molecule has 0 N–H and O–H groups in total. The summed E-state index contributed by atoms with van der Waals surface area (Å²) < 4.78 is 20.3. The van der Waals surface area contributed by atoms with Gasteiger partial charge in [0.05, 0.1) is 6.54 Å². The summed E-state index contributed by atoms with van der Waals surface area (Å²) in [6, 6.07) is 5.87. The van der Waals surface area contributed by atoms with Crippen LogP contribution < -0.4 is 4.74 Å². The van der Waals surface area contributed by atoms with Gasteiger partial charge in [-0.15, -0.1) is 0 Å². The fraction of sp³-hybridized carbons (Fsp3) is 0.400. The highest BCUT2D eigenvalue weighted by Gasteiger charge is 2.31. The molecular weight excluding hydrogens is 287 g/mol. The van der Waals surface area contributed by atoms with Crippen LogP contribution in [0.1, 0.15) is 19.4 Å². The second kappa shape index (κ2) is 6.13. The maximum atomic E-state index is 13.0. The smallest absolute Gasteiger partial charge is 0.247 e. The van der Waals surface area contributed by atoms with Gasteiger partial charge in [-0.3, -0.25) is 9.48 Å². The van der Waals surface area contributed by atoms with Gasteiger partial charge in [-0.25, -0.2) is 0 Å². The van der Waals surface area contributed by atoms with Crippen molar-refractivity contribution in [3.63, 3.8) is 0 Å². The highest BCUT2D eigenvalue weighted by Crippen LogP contribution is 2.19. The van der Waals surface area contributed by atoms with Crippen LogP contribution in [0.2, 0.25) is 0 Å². The number of pyridine rings is 1. The van der Waals surface area contributed by atoms with Gasteiger partial charge in [0.1, 0.15) is 12.1 Å². The van der Waals surface area contributed by atoms with Gasteiger partial charge in [0.15, 0.2) is 0 Å². The third kappa shape index (κ3) is 3.08. The topological polar surface area (TPSA) is 60.3 Å². The predicted octanol–water partition coefficient (Wildman–Crippen LogP) is 1.66. The highest BCUT2D eigenvalue weighted by atomic mass is 19.1. The Morgan fingerprint density at radius 1 is 1.45 bits per heavy atom. The average Bonchev–Trinajstić information content (AvgIpc) is 3.17. The number of halogens is 1. The minimum Gasteiger partial charge on any atom is -0.472 e. The minimum atomic E-state index is -0.573. The largest absolute Gasteiger partial charge is 0.472 e. The Kier molecular flexibility index (Phi) is 4.04. The Hall–Kier alpha value is -2.44. The summed E-state index contributed by atoms with van der Waals surface area (Å²) in [5.74, 6) is -0.322. The fourth-order valence-corrected chi connectivity index (χ4v) is 2.54. The lowest BCUT2D eigenvalue weighted by Gasteiger charge is -2.21. The first-order chi connectivity index (χ1) is 10.6. The molecule has 0 spiro atoms. The number of aromatic nitrogens is 3. The number of ether oxygens (including phenoxy) is 1. The van der Waals surface area contributed by atoms with Crippen molar-refractivity contribution in [3.8, 4) is 5.88 Å². The molecule has 6 nitrogen and oxygen atoms in total. The van der Waals surface area contributed by atoms with E-state index in [0.717, 1.165) is 0 Å². The maximum Gasteiger partial charge on any atom is 0.247 e. The second-order valence-corrected chi connectivity index (χ2v) is 5.27. The summed E-state index contributed by atoms with van der Waals surface area (Å²) in [6.07, 6.45) is 3.96. The van der Waals surface area contributed by atoms with Crippen molar-refractivity contribution in [2.45, 2.75) is 25.5 Å². The quantitative estimate of drug-likeness (QED) is 0.806. The van der Waals surface area contributed by atoms with E-state index in [0.29, 0.717) is 19.5 Å². The molecule has 1 amide bonds. The van der Waals surface area contributed by atoms with Crippen LogP contribution in [-0.4, -0.2) is 44.8 Å². The molecule has 0 aromatic carbocycles. The van der Waals surface area contributed by atoms with Gasteiger partial charge in [-0.2, -0.15) is 14.5 Å². The van der Waals surface area contributed by atoms with Crippen LogP contribution in [0.15, 0.2) is 36.7 Å². The third-order valence-corrected chi connectivity index (χ3v) is 3.71. The SMILES string of the molecule is CC(C(=O)N1CCC(Oc2cccc(F)n2)C1)n1cccn1. The van der Waals surface area contributed by atoms with Crippen molar-refractivity contribution in [2.24, 2.45) is 0 Å². The van der Waals surface area contributed by atoms with Crippen molar-refractivity contribution in [1.29, 1.82) is 0 Å². The molecule has 2 unspecified atom stereocenters. The average molecular weight is 304 g/mol. The van der Waals surface area contributed by atoms with Crippen LogP contribution in [0.4, 0.5) is 4.39 Å². The van der Waals surface area contributed by atoms with E-state index < -0.39 is 5.95 Å². The third-order valence-electron chi connectivity index (χ3n) is 3.71. The number of hydrogen-bond acceptors (Lipinski definition) is 4. The molecule has 3 heterocycles. The van der Waals surface area contributed by atoms with Crippen LogP contribution >= 0.6 is 0 Å². The number of amides is 1. The second-order valence-electron chi connectivity index (χ2n) is 5.27. The summed E-state index contributed by atoms with van der Waals surface area (Å²) in [4.78, 5) is 17.9. The normalized spacial score (nSPS) is 19.2. The van der Waals surface area contributed by atoms with Crippen LogP contribution in [0.25, 0.3) is 0 Å². The van der Waals surface area contributed by atoms with E-state index in [4.69, 9.17) is 4.74 Å². The van der Waals surface area contributed by atoms with E-state index in [9.17, 15) is 9.18 Å². The molecule has 2 aromatic heterocycles. The number of rotatable bonds is 4. The molecule has 1 fully saturated rings. The summed E-state index contributed by atoms with van der Waals surface area (Å²) in [5, 5.41) is 4.09. The van der Waals surface area contributed by atoms with Crippen molar-refractivity contribution in [3.05, 3.63) is 42.6 Å². The zero-order chi connectivity index (χ0) is 15.5. The van der Waals surface area contributed by atoms with E-state index in [1.165, 1.54) is 6.07 Å². The van der Waals surface area contributed by atoms with Crippen molar-refractivity contribution in [1.82, 2.24) is 19.7 Å². The Morgan fingerprint density at radius 3 is 3.05 bits per heavy atom. The molecule has 0 bridgehead atoms. The lowest BCUT2D eigenvalue weighted by Crippen LogP contribution is -2.36. The summed E-state index contributed by atoms with van der Waals surface area (Å²) in [5.41, 5.74) is 0. The Morgan fingerprint density at radius 2 is 2.32 bits per heavy atom. The molecule has 2 aromatic rings. The van der Waals surface area contributed by atoms with E-state index in [2.05, 4.69) is 10.1 Å². The molecule has 1 aliphatic rings. The van der Waals surface area contributed by atoms with Crippen LogP contribution in [0, 0.1) is 5.95 Å². The van der Waals surface area contributed by atoms with Crippen molar-refractivity contribution >= 4 is 5.91 Å². The number of hydrogen-bond donors (Lipinski definition) is 0. The summed E-state index contributed by atoms with van der Waals surface area (Å²) in [7, 11) is 0. The van der Waals surface area contributed by atoms with Gasteiger partial charge >= 0.3 is 0 Å². The first kappa shape index (κ1) is 14.5. The molecule has 1 saturated heterocycles. The molecule has 0 aliphatic carbocycles. The molecule has 7 heteroatoms. The summed E-state index contributed by atoms with van der Waals surface area (Å²) >= 11 is 0. The van der Waals surface area contributed by atoms with Gasteiger partial charge in [0.25, 0.3) is 0 Å². The van der Waals surface area contributed by atoms with E-state index in [1.54, 1.807) is 40.2 Å². The Labute approximate surface area is 127 Å². The number of carbonyl (C=O) groups is 1. The number of carbonyl (C=O) groups excluding carboxylic acids is 1. The van der Waals surface area contributed by atoms with Gasteiger partial charge in [-0.1, -0.05) is 6.07 Å². The lowest BCUT2D eigenvalue weighted by molar-refractivity contribution is -0.133. The highest BCUT2D eigenvalue weighted by molar-refractivity contribution is 5.80. The molecule has 22 heavy (non-hydrogen) atoms. The number of likely N-dealkylation sites (tertiary alicyclic amines) is 1. The van der Waals surface area contributed by atoms with E-state index >= 15 is 0 Å². The zero-order valence-corrected chi connectivity index (χ0v) is 12.2. The maximum absolute atomic E-state index is 13.0. The van der Waals surface area contributed by atoms with Crippen molar-refractivity contribution in [2.75, 3.05) is 13.1 Å². The molecule has 1 aliphatic heterocycles. The molecule has 116 valence electrons. The fourth-order valence-electron chi connectivity index (χ4n) is 2.54. The van der Waals surface area contributed by atoms with Crippen molar-refractivity contribution < 1.29 is 13.9 Å². The minimum absolute atomic E-state index is 0.00185. The van der Waals surface area contributed by atoms with E-state index in [-0.39, 0.29) is 23.9 Å². The monoisotopic (exact) mass is 304 g/mol. The standard InChI is InChI=1S/C15H17FN4O2/c1-11(20-8-3-7-17-20)15(21)19-9-6-12(10-19)22-14-5-2-4-13(16)18-14/h2-5,7-8,11-12H,6,9-10H2,1H3. The predicted molar refractivity (Wildman–Crippen MR) is 76.7 cm³/mol. The molecule has 0 saturated carbocycles.